The largest absolute Gasteiger partial charge is 0.296 e. The second kappa shape index (κ2) is 4.48. The zero-order valence-electron chi connectivity index (χ0n) is 9.68. The fraction of sp³-hybridized carbons (Fsp3) is 0. The van der Waals surface area contributed by atoms with Gasteiger partial charge in [-0.3, -0.25) is 9.36 Å². The zero-order chi connectivity index (χ0) is 13.4. The van der Waals surface area contributed by atoms with E-state index in [-0.39, 0.29) is 5.82 Å². The minimum atomic E-state index is -0.353. The molecule has 0 radical (unpaired) electrons. The van der Waals surface area contributed by atoms with Crippen LogP contribution < -0.4 is 0 Å². The topological polar surface area (TPSA) is 34.9 Å². The zero-order valence-corrected chi connectivity index (χ0v) is 10.4. The number of pyridine rings is 1. The van der Waals surface area contributed by atoms with E-state index in [1.54, 1.807) is 35.0 Å². The van der Waals surface area contributed by atoms with Crippen molar-refractivity contribution in [2.24, 2.45) is 0 Å². The SMILES string of the molecule is O=Cc1cc2cc(F)ccc2n1-c1ncccc1Cl. The van der Waals surface area contributed by atoms with Crippen LogP contribution in [-0.4, -0.2) is 15.8 Å². The number of carbonyl (C=O) groups is 1. The molecule has 0 atom stereocenters. The molecule has 0 saturated heterocycles. The molecule has 0 aliphatic carbocycles. The number of aldehydes is 1. The van der Waals surface area contributed by atoms with Crippen molar-refractivity contribution in [1.82, 2.24) is 9.55 Å². The standard InChI is InChI=1S/C14H8ClFN2O/c15-12-2-1-5-17-14(12)18-11(8-19)7-9-6-10(16)3-4-13(9)18/h1-8H. The third-order valence-electron chi connectivity index (χ3n) is 2.86. The average molecular weight is 275 g/mol. The molecule has 19 heavy (non-hydrogen) atoms. The van der Waals surface area contributed by atoms with Gasteiger partial charge in [-0.1, -0.05) is 11.6 Å². The lowest BCUT2D eigenvalue weighted by Gasteiger charge is -2.08. The van der Waals surface area contributed by atoms with Gasteiger partial charge < -0.3 is 0 Å². The Morgan fingerprint density at radius 2 is 2.11 bits per heavy atom. The number of carbonyl (C=O) groups excluding carboxylic acids is 1. The number of halogens is 2. The van der Waals surface area contributed by atoms with Crippen molar-refractivity contribution in [2.75, 3.05) is 0 Å². The average Bonchev–Trinajstić information content (AvgIpc) is 2.76. The highest BCUT2D eigenvalue weighted by atomic mass is 35.5. The van der Waals surface area contributed by atoms with Crippen molar-refractivity contribution in [3.05, 3.63) is 59.1 Å². The van der Waals surface area contributed by atoms with Crippen LogP contribution in [-0.2, 0) is 0 Å². The predicted octanol–water partition coefficient (Wildman–Crippen LogP) is 3.63. The van der Waals surface area contributed by atoms with Gasteiger partial charge in [-0.2, -0.15) is 0 Å². The Kier molecular flexibility index (Phi) is 2.80. The summed E-state index contributed by atoms with van der Waals surface area (Å²) in [4.78, 5) is 15.4. The molecule has 0 spiro atoms. The van der Waals surface area contributed by atoms with Crippen molar-refractivity contribution in [3.63, 3.8) is 0 Å². The number of nitrogens with zero attached hydrogens (tertiary/aromatic N) is 2. The van der Waals surface area contributed by atoms with E-state index in [0.29, 0.717) is 33.7 Å². The Morgan fingerprint density at radius 3 is 2.84 bits per heavy atom. The van der Waals surface area contributed by atoms with Crippen LogP contribution in [0.2, 0.25) is 5.02 Å². The van der Waals surface area contributed by atoms with Crippen molar-refractivity contribution < 1.29 is 9.18 Å². The second-order valence-electron chi connectivity index (χ2n) is 4.03. The van der Waals surface area contributed by atoms with Crippen LogP contribution in [0.5, 0.6) is 0 Å². The lowest BCUT2D eigenvalue weighted by atomic mass is 10.2. The highest BCUT2D eigenvalue weighted by Crippen LogP contribution is 2.27. The van der Waals surface area contributed by atoms with Gasteiger partial charge >= 0.3 is 0 Å². The third kappa shape index (κ3) is 1.90. The summed E-state index contributed by atoms with van der Waals surface area (Å²) in [6, 6.07) is 9.31. The Bertz CT molecular complexity index is 782. The molecule has 0 N–H and O–H groups in total. The van der Waals surface area contributed by atoms with Crippen LogP contribution in [0.1, 0.15) is 10.5 Å². The number of benzene rings is 1. The first kappa shape index (κ1) is 11.9. The van der Waals surface area contributed by atoms with Crippen LogP contribution in [0.3, 0.4) is 0 Å². The number of hydrogen-bond donors (Lipinski definition) is 0. The third-order valence-corrected chi connectivity index (χ3v) is 3.16. The van der Waals surface area contributed by atoms with Gasteiger partial charge in [0.25, 0.3) is 0 Å². The number of hydrogen-bond acceptors (Lipinski definition) is 2. The monoisotopic (exact) mass is 274 g/mol. The smallest absolute Gasteiger partial charge is 0.166 e. The van der Waals surface area contributed by atoms with E-state index in [4.69, 9.17) is 11.6 Å². The Balaban J connectivity index is 2.39. The van der Waals surface area contributed by atoms with Crippen LogP contribution in [0, 0.1) is 5.82 Å². The van der Waals surface area contributed by atoms with Crippen LogP contribution in [0.25, 0.3) is 16.7 Å². The summed E-state index contributed by atoms with van der Waals surface area (Å²) in [5.41, 5.74) is 1.06. The van der Waals surface area contributed by atoms with E-state index in [0.717, 1.165) is 0 Å². The molecule has 0 bridgehead atoms. The first-order chi connectivity index (χ1) is 9.20. The lowest BCUT2D eigenvalue weighted by molar-refractivity contribution is 0.111. The van der Waals surface area contributed by atoms with Crippen LogP contribution in [0.15, 0.2) is 42.6 Å². The van der Waals surface area contributed by atoms with E-state index in [1.165, 1.54) is 12.1 Å². The summed E-state index contributed by atoms with van der Waals surface area (Å²) in [6.45, 7) is 0. The summed E-state index contributed by atoms with van der Waals surface area (Å²) in [6.07, 6.45) is 2.29. The fourth-order valence-corrected chi connectivity index (χ4v) is 2.28. The molecule has 94 valence electrons. The van der Waals surface area contributed by atoms with E-state index in [9.17, 15) is 9.18 Å². The van der Waals surface area contributed by atoms with Crippen molar-refractivity contribution in [1.29, 1.82) is 0 Å². The molecule has 0 saturated carbocycles. The molecule has 5 heteroatoms. The number of rotatable bonds is 2. The molecule has 0 fully saturated rings. The maximum atomic E-state index is 13.2. The first-order valence-corrected chi connectivity index (χ1v) is 5.95. The van der Waals surface area contributed by atoms with Crippen LogP contribution >= 0.6 is 11.6 Å². The number of aromatic nitrogens is 2. The normalized spacial score (nSPS) is 10.8. The van der Waals surface area contributed by atoms with Crippen molar-refractivity contribution in [2.45, 2.75) is 0 Å². The molecule has 3 rings (SSSR count). The Hall–Kier alpha value is -2.20. The molecular formula is C14H8ClFN2O. The second-order valence-corrected chi connectivity index (χ2v) is 4.44. The predicted molar refractivity (Wildman–Crippen MR) is 71.4 cm³/mol. The maximum Gasteiger partial charge on any atom is 0.166 e. The molecule has 2 heterocycles. The number of fused-ring (bicyclic) bond motifs is 1. The lowest BCUT2D eigenvalue weighted by Crippen LogP contribution is -2.02. The Labute approximate surface area is 113 Å². The molecule has 1 aromatic carbocycles. The van der Waals surface area contributed by atoms with Gasteiger partial charge in [-0.15, -0.1) is 0 Å². The highest BCUT2D eigenvalue weighted by molar-refractivity contribution is 6.32. The summed E-state index contributed by atoms with van der Waals surface area (Å²) < 4.78 is 14.8. The van der Waals surface area contributed by atoms with Gasteiger partial charge in [-0.05, 0) is 36.4 Å². The highest BCUT2D eigenvalue weighted by Gasteiger charge is 2.13. The first-order valence-electron chi connectivity index (χ1n) is 5.58. The summed E-state index contributed by atoms with van der Waals surface area (Å²) >= 11 is 6.10. The van der Waals surface area contributed by atoms with Gasteiger partial charge in [0.1, 0.15) is 5.82 Å². The van der Waals surface area contributed by atoms with E-state index >= 15 is 0 Å². The van der Waals surface area contributed by atoms with Crippen molar-refractivity contribution in [3.8, 4) is 5.82 Å². The fourth-order valence-electron chi connectivity index (χ4n) is 2.07. The molecule has 3 nitrogen and oxygen atoms in total. The summed E-state index contributed by atoms with van der Waals surface area (Å²) in [5.74, 6) is 0.0992. The van der Waals surface area contributed by atoms with E-state index in [1.807, 2.05) is 0 Å². The molecule has 0 unspecified atom stereocenters. The molecule has 0 amide bonds. The summed E-state index contributed by atoms with van der Waals surface area (Å²) in [7, 11) is 0. The Morgan fingerprint density at radius 1 is 1.26 bits per heavy atom. The van der Waals surface area contributed by atoms with Gasteiger partial charge in [0.2, 0.25) is 0 Å². The van der Waals surface area contributed by atoms with Gasteiger partial charge in [0.15, 0.2) is 12.1 Å². The van der Waals surface area contributed by atoms with Gasteiger partial charge in [0, 0.05) is 11.6 Å². The van der Waals surface area contributed by atoms with Gasteiger partial charge in [0.05, 0.1) is 16.2 Å². The van der Waals surface area contributed by atoms with E-state index in [2.05, 4.69) is 4.98 Å². The van der Waals surface area contributed by atoms with Crippen molar-refractivity contribution >= 4 is 28.8 Å². The van der Waals surface area contributed by atoms with Crippen LogP contribution in [0.4, 0.5) is 4.39 Å². The molecule has 0 aliphatic heterocycles. The van der Waals surface area contributed by atoms with E-state index < -0.39 is 0 Å². The maximum absolute atomic E-state index is 13.2. The molecule has 0 aliphatic rings. The minimum absolute atomic E-state index is 0.353. The summed E-state index contributed by atoms with van der Waals surface area (Å²) in [5, 5.41) is 1.05. The quantitative estimate of drug-likeness (QED) is 0.669. The molecular weight excluding hydrogens is 267 g/mol. The van der Waals surface area contributed by atoms with Gasteiger partial charge in [-0.25, -0.2) is 9.37 Å². The molecule has 2 aromatic heterocycles. The minimum Gasteiger partial charge on any atom is -0.296 e. The molecule has 3 aromatic rings.